The van der Waals surface area contributed by atoms with Gasteiger partial charge in [0.15, 0.2) is 6.10 Å². The first kappa shape index (κ1) is 18.5. The van der Waals surface area contributed by atoms with Crippen LogP contribution in [0.15, 0.2) is 48.8 Å². The Balaban J connectivity index is 1.78. The highest BCUT2D eigenvalue weighted by atomic mass is 16.5. The molecule has 0 aliphatic rings. The van der Waals surface area contributed by atoms with Crippen molar-refractivity contribution >= 4 is 28.6 Å². The first-order chi connectivity index (χ1) is 13.0. The number of rotatable bonds is 5. The molecule has 3 rings (SSSR count). The molecule has 0 radical (unpaired) electrons. The van der Waals surface area contributed by atoms with Crippen LogP contribution in [0.4, 0.5) is 5.69 Å². The summed E-state index contributed by atoms with van der Waals surface area (Å²) in [5.41, 5.74) is 4.04. The molecule has 0 fully saturated rings. The van der Waals surface area contributed by atoms with Crippen molar-refractivity contribution in [2.24, 2.45) is 0 Å². The van der Waals surface area contributed by atoms with E-state index in [2.05, 4.69) is 15.3 Å². The number of para-hydroxylation sites is 1. The monoisotopic (exact) mass is 363 g/mol. The molecule has 0 aliphatic carbocycles. The topological polar surface area (TPSA) is 81.2 Å². The zero-order chi connectivity index (χ0) is 19.4. The van der Waals surface area contributed by atoms with E-state index in [4.69, 9.17) is 4.74 Å². The maximum absolute atomic E-state index is 12.6. The second kappa shape index (κ2) is 7.95. The zero-order valence-corrected chi connectivity index (χ0v) is 15.5. The molecular formula is C21H21N3O3. The number of carbonyl (C=O) groups excluding carboxylic acids is 2. The van der Waals surface area contributed by atoms with Crippen molar-refractivity contribution in [2.75, 3.05) is 5.32 Å². The molecule has 6 nitrogen and oxygen atoms in total. The van der Waals surface area contributed by atoms with E-state index in [9.17, 15) is 9.59 Å². The van der Waals surface area contributed by atoms with Gasteiger partial charge in [0.05, 0.1) is 11.1 Å². The number of nitrogens with one attached hydrogen (secondary N) is 1. The predicted octanol–water partition coefficient (Wildman–Crippen LogP) is 3.82. The zero-order valence-electron chi connectivity index (χ0n) is 15.5. The van der Waals surface area contributed by atoms with Crippen LogP contribution in [0.5, 0.6) is 0 Å². The summed E-state index contributed by atoms with van der Waals surface area (Å²) >= 11 is 0. The van der Waals surface area contributed by atoms with Gasteiger partial charge in [-0.05, 0) is 49.6 Å². The first-order valence-electron chi connectivity index (χ1n) is 8.78. The molecule has 0 saturated heterocycles. The molecule has 0 bridgehead atoms. The summed E-state index contributed by atoms with van der Waals surface area (Å²) in [4.78, 5) is 33.6. The highest BCUT2D eigenvalue weighted by molar-refractivity contribution is 6.03. The van der Waals surface area contributed by atoms with E-state index < -0.39 is 12.1 Å². The molecule has 1 aromatic heterocycles. The number of esters is 1. The van der Waals surface area contributed by atoms with Gasteiger partial charge in [0.1, 0.15) is 5.52 Å². The third kappa shape index (κ3) is 4.11. The minimum absolute atomic E-state index is 0.290. The number of carbonyl (C=O) groups is 2. The molecule has 138 valence electrons. The Morgan fingerprint density at radius 3 is 2.67 bits per heavy atom. The van der Waals surface area contributed by atoms with Crippen molar-refractivity contribution in [1.29, 1.82) is 0 Å². The standard InChI is InChI=1S/C21H21N3O3/c1-4-18(20(25)24-17-12-13(2)8-9-14(17)3)27-21(26)15-6-5-7-16-19(15)23-11-10-22-16/h5-12,18H,4H2,1-3H3,(H,24,25). The van der Waals surface area contributed by atoms with E-state index in [-0.39, 0.29) is 5.91 Å². The molecule has 1 unspecified atom stereocenters. The van der Waals surface area contributed by atoms with Gasteiger partial charge < -0.3 is 10.1 Å². The van der Waals surface area contributed by atoms with Crippen molar-refractivity contribution < 1.29 is 14.3 Å². The lowest BCUT2D eigenvalue weighted by molar-refractivity contribution is -0.124. The lowest BCUT2D eigenvalue weighted by atomic mass is 10.1. The van der Waals surface area contributed by atoms with Crippen LogP contribution in [0, 0.1) is 13.8 Å². The average molecular weight is 363 g/mol. The SMILES string of the molecule is CCC(OC(=O)c1cccc2nccnc12)C(=O)Nc1cc(C)ccc1C. The van der Waals surface area contributed by atoms with E-state index in [1.165, 1.54) is 6.20 Å². The van der Waals surface area contributed by atoms with Crippen LogP contribution in [0.3, 0.4) is 0 Å². The number of hydrogen-bond donors (Lipinski definition) is 1. The van der Waals surface area contributed by atoms with E-state index >= 15 is 0 Å². The van der Waals surface area contributed by atoms with Crippen LogP contribution in [0.2, 0.25) is 0 Å². The summed E-state index contributed by atoms with van der Waals surface area (Å²) in [6.07, 6.45) is 2.54. The fourth-order valence-corrected chi connectivity index (χ4v) is 2.76. The van der Waals surface area contributed by atoms with Gasteiger partial charge in [-0.1, -0.05) is 25.1 Å². The number of fused-ring (bicyclic) bond motifs is 1. The molecule has 6 heteroatoms. The lowest BCUT2D eigenvalue weighted by Gasteiger charge is -2.17. The molecule has 2 aromatic carbocycles. The summed E-state index contributed by atoms with van der Waals surface area (Å²) in [7, 11) is 0. The van der Waals surface area contributed by atoms with Crippen molar-refractivity contribution in [3.63, 3.8) is 0 Å². The third-order valence-electron chi connectivity index (χ3n) is 4.28. The molecular weight excluding hydrogens is 342 g/mol. The number of aryl methyl sites for hydroxylation is 2. The average Bonchev–Trinajstić information content (AvgIpc) is 2.68. The Morgan fingerprint density at radius 2 is 1.89 bits per heavy atom. The number of aromatic nitrogens is 2. The van der Waals surface area contributed by atoms with E-state index in [0.717, 1.165) is 11.1 Å². The van der Waals surface area contributed by atoms with Crippen molar-refractivity contribution in [1.82, 2.24) is 9.97 Å². The van der Waals surface area contributed by atoms with E-state index in [1.54, 1.807) is 31.3 Å². The van der Waals surface area contributed by atoms with Crippen molar-refractivity contribution in [3.8, 4) is 0 Å². The highest BCUT2D eigenvalue weighted by Crippen LogP contribution is 2.19. The minimum Gasteiger partial charge on any atom is -0.449 e. The highest BCUT2D eigenvalue weighted by Gasteiger charge is 2.24. The van der Waals surface area contributed by atoms with Gasteiger partial charge in [-0.3, -0.25) is 14.8 Å². The normalized spacial score (nSPS) is 11.8. The quantitative estimate of drug-likeness (QED) is 0.697. The number of anilines is 1. The van der Waals surface area contributed by atoms with Gasteiger partial charge in [-0.2, -0.15) is 0 Å². The summed E-state index contributed by atoms with van der Waals surface area (Å²) in [6, 6.07) is 10.9. The molecule has 1 atom stereocenters. The third-order valence-corrected chi connectivity index (χ3v) is 4.28. The first-order valence-corrected chi connectivity index (χ1v) is 8.78. The van der Waals surface area contributed by atoms with E-state index in [1.807, 2.05) is 32.0 Å². The second-order valence-electron chi connectivity index (χ2n) is 6.34. The Hall–Kier alpha value is -3.28. The molecule has 1 heterocycles. The predicted molar refractivity (Wildman–Crippen MR) is 104 cm³/mol. The van der Waals surface area contributed by atoms with Crippen LogP contribution in [0.25, 0.3) is 11.0 Å². The fourth-order valence-electron chi connectivity index (χ4n) is 2.76. The molecule has 1 amide bonds. The summed E-state index contributed by atoms with van der Waals surface area (Å²) in [6.45, 7) is 5.66. The Morgan fingerprint density at radius 1 is 1.11 bits per heavy atom. The van der Waals surface area contributed by atoms with Gasteiger partial charge >= 0.3 is 5.97 Å². The minimum atomic E-state index is -0.899. The maximum atomic E-state index is 12.6. The smallest absolute Gasteiger partial charge is 0.341 e. The molecule has 0 aliphatic heterocycles. The van der Waals surface area contributed by atoms with Gasteiger partial charge in [-0.25, -0.2) is 4.79 Å². The lowest BCUT2D eigenvalue weighted by Crippen LogP contribution is -2.32. The van der Waals surface area contributed by atoms with Crippen LogP contribution in [0.1, 0.15) is 34.8 Å². The van der Waals surface area contributed by atoms with Gasteiger partial charge in [0.2, 0.25) is 0 Å². The van der Waals surface area contributed by atoms with Gasteiger partial charge in [0, 0.05) is 18.1 Å². The fraction of sp³-hybridized carbons (Fsp3) is 0.238. The Kier molecular flexibility index (Phi) is 5.45. The second-order valence-corrected chi connectivity index (χ2v) is 6.34. The van der Waals surface area contributed by atoms with Gasteiger partial charge in [-0.15, -0.1) is 0 Å². The van der Waals surface area contributed by atoms with Crippen LogP contribution >= 0.6 is 0 Å². The van der Waals surface area contributed by atoms with Crippen LogP contribution in [-0.4, -0.2) is 27.9 Å². The summed E-state index contributed by atoms with van der Waals surface area (Å²) < 4.78 is 5.48. The number of nitrogens with zero attached hydrogens (tertiary/aromatic N) is 2. The number of hydrogen-bond acceptors (Lipinski definition) is 5. The summed E-state index contributed by atoms with van der Waals surface area (Å²) in [5.74, 6) is -0.949. The van der Waals surface area contributed by atoms with Crippen LogP contribution < -0.4 is 5.32 Å². The number of ether oxygens (including phenoxy) is 1. The van der Waals surface area contributed by atoms with Crippen molar-refractivity contribution in [2.45, 2.75) is 33.3 Å². The van der Waals surface area contributed by atoms with Crippen LogP contribution in [-0.2, 0) is 9.53 Å². The molecule has 0 saturated carbocycles. The molecule has 27 heavy (non-hydrogen) atoms. The summed E-state index contributed by atoms with van der Waals surface area (Å²) in [5, 5.41) is 2.85. The number of amides is 1. The van der Waals surface area contributed by atoms with E-state index in [0.29, 0.717) is 28.7 Å². The molecule has 0 spiro atoms. The molecule has 1 N–H and O–H groups in total. The van der Waals surface area contributed by atoms with Gasteiger partial charge in [0.25, 0.3) is 5.91 Å². The largest absolute Gasteiger partial charge is 0.449 e. The number of benzene rings is 2. The Labute approximate surface area is 157 Å². The maximum Gasteiger partial charge on any atom is 0.341 e. The van der Waals surface area contributed by atoms with Crippen molar-refractivity contribution in [3.05, 3.63) is 65.5 Å². The Bertz CT molecular complexity index is 996. The molecule has 3 aromatic rings.